The number of benzene rings is 6. The fourth-order valence-electron chi connectivity index (χ4n) is 9.47. The van der Waals surface area contributed by atoms with Crippen LogP contribution < -0.4 is 15.7 Å². The van der Waals surface area contributed by atoms with Gasteiger partial charge in [-0.25, -0.2) is 13.2 Å². The lowest BCUT2D eigenvalue weighted by Gasteiger charge is -2.44. The molecule has 2 aliphatic heterocycles. The summed E-state index contributed by atoms with van der Waals surface area (Å²) in [4.78, 5) is 32.5. The van der Waals surface area contributed by atoms with Gasteiger partial charge in [0.1, 0.15) is 6.04 Å². The van der Waals surface area contributed by atoms with Crippen LogP contribution >= 0.6 is 0 Å². The summed E-state index contributed by atoms with van der Waals surface area (Å²) in [6.07, 6.45) is 0.790. The highest BCUT2D eigenvalue weighted by Crippen LogP contribution is 2.42. The number of fused-ring (bicyclic) bond motifs is 1. The van der Waals surface area contributed by atoms with Crippen molar-refractivity contribution in [1.29, 1.82) is 0 Å². The molecule has 4 N–H and O–H groups in total. The standard InChI is InChI=1S/C54H57N5O7S/c1-36-16-26-45(27-17-36)67(63,64)57-48(32-38-10-4-3-5-11-38)52(61)55-33-43-12-6-7-13-46(43)40-22-24-42(25-23-40)53-65-50(37(2)51(66-53)41-20-18-39(35-60)19-21-41)34-58-30-28-44(29-31-58)59-49-15-9-8-14-47(49)56-54(59)62/h3-27,37,44,48,50-51,53,57,60H,28-35H2,1-2H3,(H,55,61)(H,56,62)/t37-,48-,50+,51+,53+/m1/s1. The van der Waals surface area contributed by atoms with Crippen LogP contribution in [0.15, 0.2) is 161 Å². The zero-order valence-electron chi connectivity index (χ0n) is 37.8. The fraction of sp³-hybridized carbons (Fsp3) is 0.296. The minimum Gasteiger partial charge on any atom is -0.392 e. The molecule has 9 rings (SSSR count). The van der Waals surface area contributed by atoms with E-state index in [0.29, 0.717) is 6.54 Å². The van der Waals surface area contributed by atoms with Crippen molar-refractivity contribution < 1.29 is 27.8 Å². The molecule has 0 radical (unpaired) electrons. The number of aliphatic hydroxyl groups is 1. The van der Waals surface area contributed by atoms with Gasteiger partial charge in [-0.2, -0.15) is 4.72 Å². The zero-order chi connectivity index (χ0) is 46.5. The number of para-hydroxylation sites is 2. The maximum absolute atomic E-state index is 13.9. The van der Waals surface area contributed by atoms with Crippen molar-refractivity contribution in [3.63, 3.8) is 0 Å². The lowest BCUT2D eigenvalue weighted by molar-refractivity contribution is -0.276. The van der Waals surface area contributed by atoms with Crippen LogP contribution in [0.2, 0.25) is 0 Å². The Kier molecular flexibility index (Phi) is 14.0. The lowest BCUT2D eigenvalue weighted by Crippen LogP contribution is -2.47. The summed E-state index contributed by atoms with van der Waals surface area (Å²) in [6, 6.07) is 46.7. The van der Waals surface area contributed by atoms with Gasteiger partial charge in [0.25, 0.3) is 0 Å². The predicted octanol–water partition coefficient (Wildman–Crippen LogP) is 8.13. The molecule has 0 saturated carbocycles. The third-order valence-electron chi connectivity index (χ3n) is 13.3. The maximum Gasteiger partial charge on any atom is 0.326 e. The van der Waals surface area contributed by atoms with Crippen LogP contribution in [-0.2, 0) is 43.9 Å². The largest absolute Gasteiger partial charge is 0.392 e. The molecule has 0 bridgehead atoms. The molecule has 2 saturated heterocycles. The average molecular weight is 920 g/mol. The number of hydrogen-bond acceptors (Lipinski definition) is 8. The highest BCUT2D eigenvalue weighted by atomic mass is 32.2. The second-order valence-corrected chi connectivity index (χ2v) is 19.6. The van der Waals surface area contributed by atoms with Crippen molar-refractivity contribution in [2.24, 2.45) is 5.92 Å². The summed E-state index contributed by atoms with van der Waals surface area (Å²) in [6.45, 7) is 6.56. The van der Waals surface area contributed by atoms with E-state index in [-0.39, 0.29) is 54.3 Å². The van der Waals surface area contributed by atoms with Crippen LogP contribution in [0.1, 0.15) is 71.6 Å². The van der Waals surface area contributed by atoms with Gasteiger partial charge in [0, 0.05) is 43.7 Å². The highest BCUT2D eigenvalue weighted by molar-refractivity contribution is 7.89. The molecule has 0 aliphatic carbocycles. The summed E-state index contributed by atoms with van der Waals surface area (Å²) < 4.78 is 45.3. The molecule has 346 valence electrons. The molecule has 0 spiro atoms. The number of amides is 1. The molecule has 67 heavy (non-hydrogen) atoms. The van der Waals surface area contributed by atoms with Gasteiger partial charge in [-0.1, -0.05) is 140 Å². The fourth-order valence-corrected chi connectivity index (χ4v) is 10.7. The van der Waals surface area contributed by atoms with E-state index in [9.17, 15) is 23.1 Å². The van der Waals surface area contributed by atoms with Crippen molar-refractivity contribution in [2.45, 2.75) is 81.7 Å². The van der Waals surface area contributed by atoms with E-state index in [0.717, 1.165) is 81.5 Å². The minimum atomic E-state index is -4.00. The van der Waals surface area contributed by atoms with Crippen LogP contribution in [-0.4, -0.2) is 65.7 Å². The molecule has 3 heterocycles. The summed E-state index contributed by atoms with van der Waals surface area (Å²) in [5.41, 5.74) is 8.93. The number of piperidine rings is 1. The Balaban J connectivity index is 0.902. The van der Waals surface area contributed by atoms with Gasteiger partial charge < -0.3 is 29.8 Å². The highest BCUT2D eigenvalue weighted by Gasteiger charge is 2.40. The van der Waals surface area contributed by atoms with Crippen molar-refractivity contribution >= 4 is 27.0 Å². The molecular formula is C54H57N5O7S. The van der Waals surface area contributed by atoms with E-state index in [1.54, 1.807) is 24.3 Å². The monoisotopic (exact) mass is 919 g/mol. The van der Waals surface area contributed by atoms with Gasteiger partial charge in [-0.05, 0) is 83.8 Å². The first-order valence-corrected chi connectivity index (χ1v) is 24.5. The molecule has 13 heteroatoms. The SMILES string of the molecule is Cc1ccc(S(=O)(=O)N[C@H](Cc2ccccc2)C(=O)NCc2ccccc2-c2ccc([C@H]3O[C@@H](CN4CCC(n5c(=O)[nH]c6ccccc65)CC4)[C@@H](C)[C@@H](c4ccc(CO)cc4)O3)cc2)cc1. The number of H-pyrrole nitrogens is 1. The second-order valence-electron chi connectivity index (χ2n) is 17.8. The molecule has 1 aromatic heterocycles. The number of rotatable bonds is 15. The van der Waals surface area contributed by atoms with Crippen LogP contribution in [0.4, 0.5) is 0 Å². The summed E-state index contributed by atoms with van der Waals surface area (Å²) in [7, 11) is -4.00. The molecule has 7 aromatic rings. The number of carbonyl (C=O) groups is 1. The van der Waals surface area contributed by atoms with Crippen LogP contribution in [0.5, 0.6) is 0 Å². The lowest BCUT2D eigenvalue weighted by atomic mass is 9.89. The number of aryl methyl sites for hydroxylation is 1. The van der Waals surface area contributed by atoms with E-state index in [1.165, 1.54) is 0 Å². The normalized spacial score (nSPS) is 19.9. The number of aromatic nitrogens is 2. The Morgan fingerprint density at radius 1 is 0.791 bits per heavy atom. The van der Waals surface area contributed by atoms with Gasteiger partial charge in [0.2, 0.25) is 15.9 Å². The molecule has 5 atom stereocenters. The first-order chi connectivity index (χ1) is 32.5. The van der Waals surface area contributed by atoms with Crippen molar-refractivity contribution in [1.82, 2.24) is 24.5 Å². The van der Waals surface area contributed by atoms with Crippen LogP contribution in [0.25, 0.3) is 22.2 Å². The van der Waals surface area contributed by atoms with Crippen LogP contribution in [0.3, 0.4) is 0 Å². The van der Waals surface area contributed by atoms with Crippen LogP contribution in [0, 0.1) is 12.8 Å². The molecule has 1 amide bonds. The predicted molar refractivity (Wildman–Crippen MR) is 259 cm³/mol. The first kappa shape index (κ1) is 45.9. The van der Waals surface area contributed by atoms with Crippen molar-refractivity contribution in [3.05, 3.63) is 196 Å². The molecule has 2 aliphatic rings. The van der Waals surface area contributed by atoms with E-state index < -0.39 is 28.3 Å². The number of carbonyl (C=O) groups excluding carboxylic acids is 1. The van der Waals surface area contributed by atoms with Crippen molar-refractivity contribution in [3.8, 4) is 11.1 Å². The third-order valence-corrected chi connectivity index (χ3v) is 14.8. The Labute approximate surface area is 391 Å². The third kappa shape index (κ3) is 10.5. The number of imidazole rings is 1. The second kappa shape index (κ2) is 20.4. The van der Waals surface area contributed by atoms with E-state index in [4.69, 9.17) is 9.47 Å². The number of sulfonamides is 1. The number of likely N-dealkylation sites (tertiary alicyclic amines) is 1. The van der Waals surface area contributed by atoms with E-state index in [2.05, 4.69) is 26.8 Å². The first-order valence-electron chi connectivity index (χ1n) is 23.0. The van der Waals surface area contributed by atoms with Gasteiger partial charge in [0.05, 0.1) is 34.7 Å². The van der Waals surface area contributed by atoms with Gasteiger partial charge in [-0.3, -0.25) is 9.36 Å². The molecular weight excluding hydrogens is 863 g/mol. The van der Waals surface area contributed by atoms with E-state index >= 15 is 0 Å². The van der Waals surface area contributed by atoms with E-state index in [1.807, 2.05) is 139 Å². The number of nitrogens with one attached hydrogen (secondary N) is 3. The topological polar surface area (TPSA) is 155 Å². The number of aromatic amines is 1. The zero-order valence-corrected chi connectivity index (χ0v) is 38.6. The Bertz CT molecular complexity index is 2950. The number of aliphatic hydroxyl groups excluding tert-OH is 1. The summed E-state index contributed by atoms with van der Waals surface area (Å²) in [5.74, 6) is -0.425. The van der Waals surface area contributed by atoms with Gasteiger partial charge in [0.15, 0.2) is 6.29 Å². The Hall–Kier alpha value is -6.19. The molecule has 6 aromatic carbocycles. The summed E-state index contributed by atoms with van der Waals surface area (Å²) >= 11 is 0. The number of nitrogens with zero attached hydrogens (tertiary/aromatic N) is 2. The smallest absolute Gasteiger partial charge is 0.326 e. The molecule has 2 fully saturated rings. The number of ether oxygens (including phenoxy) is 2. The quantitative estimate of drug-likeness (QED) is 0.0804. The Morgan fingerprint density at radius 2 is 1.46 bits per heavy atom. The van der Waals surface area contributed by atoms with Gasteiger partial charge >= 0.3 is 5.69 Å². The average Bonchev–Trinajstić information content (AvgIpc) is 3.70. The summed E-state index contributed by atoms with van der Waals surface area (Å²) in [5, 5.41) is 12.8. The minimum absolute atomic E-state index is 0.0109. The van der Waals surface area contributed by atoms with Crippen molar-refractivity contribution in [2.75, 3.05) is 19.6 Å². The van der Waals surface area contributed by atoms with Gasteiger partial charge in [-0.15, -0.1) is 0 Å². The number of hydrogen-bond donors (Lipinski definition) is 4. The molecule has 0 unspecified atom stereocenters. The Morgan fingerprint density at radius 3 is 2.19 bits per heavy atom. The maximum atomic E-state index is 13.9. The molecule has 12 nitrogen and oxygen atoms in total.